The fourth-order valence-corrected chi connectivity index (χ4v) is 2.54. The van der Waals surface area contributed by atoms with Crippen LogP contribution in [-0.4, -0.2) is 27.6 Å². The molecule has 3 N–H and O–H groups in total. The second-order valence-corrected chi connectivity index (χ2v) is 6.30. The Labute approximate surface area is 158 Å². The fraction of sp³-hybridized carbons (Fsp3) is 0.300. The summed E-state index contributed by atoms with van der Waals surface area (Å²) in [5, 5.41) is 7.05. The summed E-state index contributed by atoms with van der Waals surface area (Å²) in [4.78, 5) is 12.8. The Morgan fingerprint density at radius 2 is 2.04 bits per heavy atom. The van der Waals surface area contributed by atoms with Crippen molar-refractivity contribution >= 4 is 11.6 Å². The molecule has 7 heteroatoms. The van der Waals surface area contributed by atoms with E-state index in [2.05, 4.69) is 51.4 Å². The Kier molecular flexibility index (Phi) is 6.14. The monoisotopic (exact) mass is 364 g/mol. The molecule has 0 aliphatic rings. The average Bonchev–Trinajstić information content (AvgIpc) is 3.17. The number of nitrogens with two attached hydrogens (primary N) is 1. The van der Waals surface area contributed by atoms with Gasteiger partial charge < -0.3 is 15.6 Å². The zero-order chi connectivity index (χ0) is 19.1. The molecule has 0 radical (unpaired) electrons. The Bertz CT molecular complexity index is 873. The first kappa shape index (κ1) is 18.6. The lowest BCUT2D eigenvalue weighted by Crippen LogP contribution is -2.23. The van der Waals surface area contributed by atoms with Gasteiger partial charge in [0.2, 0.25) is 0 Å². The van der Waals surface area contributed by atoms with Crippen molar-refractivity contribution in [2.45, 2.75) is 32.6 Å². The van der Waals surface area contributed by atoms with Gasteiger partial charge in [0.25, 0.3) is 5.89 Å². The molecule has 0 fully saturated rings. The zero-order valence-electron chi connectivity index (χ0n) is 15.6. The minimum Gasteiger partial charge on any atom is -0.370 e. The summed E-state index contributed by atoms with van der Waals surface area (Å²) in [6.07, 6.45) is 3.34. The van der Waals surface area contributed by atoms with Crippen molar-refractivity contribution in [2.24, 2.45) is 10.7 Å². The normalized spacial score (nSPS) is 12.7. The number of nitrogens with one attached hydrogen (secondary N) is 1. The number of hydrogen-bond donors (Lipinski definition) is 2. The highest BCUT2D eigenvalue weighted by Gasteiger charge is 2.09. The summed E-state index contributed by atoms with van der Waals surface area (Å²) >= 11 is 0. The molecule has 1 atom stereocenters. The van der Waals surface area contributed by atoms with E-state index in [9.17, 15) is 0 Å². The van der Waals surface area contributed by atoms with Gasteiger partial charge in [0.05, 0.1) is 0 Å². The molecule has 0 bridgehead atoms. The molecule has 0 saturated carbocycles. The third kappa shape index (κ3) is 5.13. The number of guanidine groups is 1. The van der Waals surface area contributed by atoms with Gasteiger partial charge >= 0.3 is 0 Å². The van der Waals surface area contributed by atoms with Crippen LogP contribution in [0.2, 0.25) is 0 Å². The number of aliphatic imine (C=N–C) groups is 1. The predicted octanol–water partition coefficient (Wildman–Crippen LogP) is 3.61. The van der Waals surface area contributed by atoms with Gasteiger partial charge in [-0.2, -0.15) is 4.98 Å². The number of benzene rings is 1. The molecule has 7 nitrogen and oxygen atoms in total. The lowest BCUT2D eigenvalue weighted by molar-refractivity contribution is 0.421. The van der Waals surface area contributed by atoms with Crippen LogP contribution in [0.1, 0.15) is 37.6 Å². The van der Waals surface area contributed by atoms with Crippen LogP contribution in [0.3, 0.4) is 0 Å². The van der Waals surface area contributed by atoms with E-state index >= 15 is 0 Å². The first-order chi connectivity index (χ1) is 13.2. The minimum atomic E-state index is 0.361. The van der Waals surface area contributed by atoms with Crippen LogP contribution >= 0.6 is 0 Å². The molecule has 3 aromatic rings. The minimum absolute atomic E-state index is 0.361. The van der Waals surface area contributed by atoms with Gasteiger partial charge in [0, 0.05) is 24.8 Å². The molecule has 1 unspecified atom stereocenters. The smallest absolute Gasteiger partial charge is 0.276 e. The van der Waals surface area contributed by atoms with E-state index in [-0.39, 0.29) is 0 Å². The Morgan fingerprint density at radius 3 is 2.74 bits per heavy atom. The summed E-state index contributed by atoms with van der Waals surface area (Å²) in [6, 6.07) is 13.8. The predicted molar refractivity (Wildman–Crippen MR) is 106 cm³/mol. The molecule has 140 valence electrons. The fourth-order valence-electron chi connectivity index (χ4n) is 2.54. The highest BCUT2D eigenvalue weighted by Crippen LogP contribution is 2.20. The number of aromatic nitrogens is 3. The van der Waals surface area contributed by atoms with Crippen LogP contribution in [0.25, 0.3) is 11.6 Å². The van der Waals surface area contributed by atoms with Gasteiger partial charge in [-0.25, -0.2) is 0 Å². The lowest BCUT2D eigenvalue weighted by atomic mass is 9.99. The van der Waals surface area contributed by atoms with Crippen LogP contribution in [0, 0.1) is 0 Å². The van der Waals surface area contributed by atoms with E-state index in [0.29, 0.717) is 42.3 Å². The molecule has 0 aliphatic carbocycles. The molecule has 1 aromatic carbocycles. The van der Waals surface area contributed by atoms with Crippen LogP contribution < -0.4 is 11.1 Å². The van der Waals surface area contributed by atoms with Crippen molar-refractivity contribution < 1.29 is 4.52 Å². The number of nitrogens with zero attached hydrogens (tertiary/aromatic N) is 4. The van der Waals surface area contributed by atoms with E-state index in [1.165, 1.54) is 5.56 Å². The summed E-state index contributed by atoms with van der Waals surface area (Å²) in [6.45, 7) is 4.87. The molecule has 0 amide bonds. The highest BCUT2D eigenvalue weighted by molar-refractivity contribution is 5.92. The number of pyridine rings is 1. The van der Waals surface area contributed by atoms with E-state index in [1.807, 2.05) is 30.3 Å². The number of rotatable bonds is 7. The summed E-state index contributed by atoms with van der Waals surface area (Å²) in [5.74, 6) is 1.89. The number of hydrogen-bond acceptors (Lipinski definition) is 5. The number of anilines is 1. The second kappa shape index (κ2) is 8.93. The molecule has 3 rings (SSSR count). The standard InChI is InChI=1S/C20H24N6O/c1-3-14(2)15-7-9-16(10-8-15)24-20(21)23-13-11-18-25-19(27-26-18)17-6-4-5-12-22-17/h4-10,12,14H,3,11,13H2,1-2H3,(H3,21,23,24). The molecule has 0 spiro atoms. The zero-order valence-corrected chi connectivity index (χ0v) is 15.6. The molecule has 0 saturated heterocycles. The molecule has 2 aromatic heterocycles. The van der Waals surface area contributed by atoms with Crippen molar-refractivity contribution in [3.05, 3.63) is 60.0 Å². The topological polar surface area (TPSA) is 102 Å². The largest absolute Gasteiger partial charge is 0.370 e. The third-order valence-corrected chi connectivity index (χ3v) is 4.33. The van der Waals surface area contributed by atoms with Crippen molar-refractivity contribution in [1.82, 2.24) is 15.1 Å². The van der Waals surface area contributed by atoms with Gasteiger partial charge in [-0.15, -0.1) is 0 Å². The lowest BCUT2D eigenvalue weighted by Gasteiger charge is -2.10. The molecule has 2 heterocycles. The maximum Gasteiger partial charge on any atom is 0.276 e. The first-order valence-corrected chi connectivity index (χ1v) is 9.06. The van der Waals surface area contributed by atoms with E-state index < -0.39 is 0 Å². The van der Waals surface area contributed by atoms with Crippen molar-refractivity contribution in [1.29, 1.82) is 0 Å². The summed E-state index contributed by atoms with van der Waals surface area (Å²) in [5.41, 5.74) is 8.85. The van der Waals surface area contributed by atoms with Gasteiger partial charge in [0.1, 0.15) is 5.69 Å². The maximum atomic E-state index is 5.95. The van der Waals surface area contributed by atoms with Crippen LogP contribution in [0.5, 0.6) is 0 Å². The summed E-state index contributed by atoms with van der Waals surface area (Å²) in [7, 11) is 0. The van der Waals surface area contributed by atoms with Gasteiger partial charge in [-0.1, -0.05) is 37.2 Å². The average molecular weight is 364 g/mol. The van der Waals surface area contributed by atoms with Crippen LogP contribution in [0.15, 0.2) is 58.2 Å². The van der Waals surface area contributed by atoms with Gasteiger partial charge in [0.15, 0.2) is 11.8 Å². The Hall–Kier alpha value is -3.22. The molecular weight excluding hydrogens is 340 g/mol. The van der Waals surface area contributed by atoms with Gasteiger partial charge in [-0.05, 0) is 42.2 Å². The molecule has 0 aliphatic heterocycles. The van der Waals surface area contributed by atoms with Gasteiger partial charge in [-0.3, -0.25) is 9.98 Å². The van der Waals surface area contributed by atoms with Crippen LogP contribution in [-0.2, 0) is 6.42 Å². The first-order valence-electron chi connectivity index (χ1n) is 9.06. The molecular formula is C20H24N6O. The SMILES string of the molecule is CCC(C)c1ccc(NC(N)=NCCc2noc(-c3ccccn3)n2)cc1. The van der Waals surface area contributed by atoms with Crippen molar-refractivity contribution in [3.63, 3.8) is 0 Å². The third-order valence-electron chi connectivity index (χ3n) is 4.33. The van der Waals surface area contributed by atoms with Crippen molar-refractivity contribution in [2.75, 3.05) is 11.9 Å². The molecule has 27 heavy (non-hydrogen) atoms. The van der Waals surface area contributed by atoms with Crippen LogP contribution in [0.4, 0.5) is 5.69 Å². The van der Waals surface area contributed by atoms with E-state index in [4.69, 9.17) is 10.3 Å². The van der Waals surface area contributed by atoms with E-state index in [0.717, 1.165) is 12.1 Å². The quantitative estimate of drug-likeness (QED) is 0.490. The van der Waals surface area contributed by atoms with Crippen molar-refractivity contribution in [3.8, 4) is 11.6 Å². The second-order valence-electron chi connectivity index (χ2n) is 6.30. The van der Waals surface area contributed by atoms with E-state index in [1.54, 1.807) is 6.20 Å². The highest BCUT2D eigenvalue weighted by atomic mass is 16.5. The maximum absolute atomic E-state index is 5.95. The Morgan fingerprint density at radius 1 is 1.22 bits per heavy atom. The Balaban J connectivity index is 1.52. The summed E-state index contributed by atoms with van der Waals surface area (Å²) < 4.78 is 5.22.